The van der Waals surface area contributed by atoms with E-state index in [1.54, 1.807) is 6.20 Å². The zero-order valence-electron chi connectivity index (χ0n) is 13.8. The maximum atomic E-state index is 12.1. The molecule has 0 aromatic carbocycles. The number of nitrogens with zero attached hydrogens (tertiary/aromatic N) is 1. The Morgan fingerprint density at radius 3 is 2.74 bits per heavy atom. The van der Waals surface area contributed by atoms with Crippen LogP contribution in [0.15, 0.2) is 30.5 Å². The summed E-state index contributed by atoms with van der Waals surface area (Å²) in [4.78, 5) is 16.4. The maximum absolute atomic E-state index is 12.1. The number of hydrogen-bond acceptors (Lipinski definition) is 3. The van der Waals surface area contributed by atoms with Crippen molar-refractivity contribution in [2.24, 2.45) is 11.8 Å². The Hall–Kier alpha value is -1.84. The fourth-order valence-corrected chi connectivity index (χ4v) is 3.31. The summed E-state index contributed by atoms with van der Waals surface area (Å²) in [6.45, 7) is 2.84. The number of amides is 1. The predicted octanol–water partition coefficient (Wildman–Crippen LogP) is 3.62. The molecule has 1 saturated carbocycles. The molecule has 124 valence electrons. The quantitative estimate of drug-likeness (QED) is 0.845. The van der Waals surface area contributed by atoms with Crippen molar-refractivity contribution < 1.29 is 9.53 Å². The summed E-state index contributed by atoms with van der Waals surface area (Å²) in [5.74, 6) is 1.74. The topological polar surface area (TPSA) is 51.2 Å². The number of nitrogens with one attached hydrogen (secondary N) is 1. The van der Waals surface area contributed by atoms with Crippen LogP contribution in [0.25, 0.3) is 0 Å². The molecular weight excluding hydrogens is 288 g/mol. The lowest BCUT2D eigenvalue weighted by molar-refractivity contribution is -0.124. The van der Waals surface area contributed by atoms with Gasteiger partial charge in [0.05, 0.1) is 0 Å². The first kappa shape index (κ1) is 16.0. The minimum atomic E-state index is 0.108. The molecule has 3 rings (SSSR count). The average Bonchev–Trinajstić information content (AvgIpc) is 3.10. The zero-order valence-corrected chi connectivity index (χ0v) is 13.8. The van der Waals surface area contributed by atoms with Crippen LogP contribution in [-0.2, 0) is 11.3 Å². The molecule has 0 radical (unpaired) electrons. The molecule has 4 nitrogen and oxygen atoms in total. The summed E-state index contributed by atoms with van der Waals surface area (Å²) in [6, 6.07) is 3.88. The van der Waals surface area contributed by atoms with Gasteiger partial charge in [0.2, 0.25) is 11.8 Å². The highest BCUT2D eigenvalue weighted by Gasteiger charge is 2.20. The van der Waals surface area contributed by atoms with E-state index in [2.05, 4.69) is 29.4 Å². The Balaban J connectivity index is 1.49. The van der Waals surface area contributed by atoms with Gasteiger partial charge < -0.3 is 10.1 Å². The number of hydrogen-bond donors (Lipinski definition) is 1. The van der Waals surface area contributed by atoms with Crippen LogP contribution in [0.2, 0.25) is 0 Å². The standard InChI is InChI=1S/C19H26N2O2/c1-14-6-8-17(9-7-14)23-18-12-15(10-11-20-18)13-21-19(22)16-4-2-3-5-16/h2-3,10-12,14,16-17H,4-9,13H2,1H3,(H,21,22). The van der Waals surface area contributed by atoms with Gasteiger partial charge in [-0.15, -0.1) is 0 Å². The number of rotatable bonds is 5. The Bertz CT molecular complexity index is 554. The normalized spacial score (nSPS) is 24.6. The third kappa shape index (κ3) is 4.57. The smallest absolute Gasteiger partial charge is 0.224 e. The van der Waals surface area contributed by atoms with Crippen LogP contribution in [0, 0.1) is 11.8 Å². The van der Waals surface area contributed by atoms with Crippen LogP contribution < -0.4 is 10.1 Å². The molecule has 1 amide bonds. The molecule has 1 N–H and O–H groups in total. The van der Waals surface area contributed by atoms with Gasteiger partial charge in [-0.2, -0.15) is 0 Å². The van der Waals surface area contributed by atoms with E-state index in [-0.39, 0.29) is 17.9 Å². The zero-order chi connectivity index (χ0) is 16.1. The van der Waals surface area contributed by atoms with E-state index >= 15 is 0 Å². The highest BCUT2D eigenvalue weighted by atomic mass is 16.5. The van der Waals surface area contributed by atoms with Crippen molar-refractivity contribution >= 4 is 5.91 Å². The monoisotopic (exact) mass is 314 g/mol. The summed E-state index contributed by atoms with van der Waals surface area (Å²) in [5, 5.41) is 3.02. The fourth-order valence-electron chi connectivity index (χ4n) is 3.31. The van der Waals surface area contributed by atoms with Gasteiger partial charge >= 0.3 is 0 Å². The lowest BCUT2D eigenvalue weighted by Gasteiger charge is -2.26. The van der Waals surface area contributed by atoms with Crippen LogP contribution in [0.4, 0.5) is 0 Å². The van der Waals surface area contributed by atoms with Gasteiger partial charge in [0.25, 0.3) is 0 Å². The Morgan fingerprint density at radius 2 is 2.00 bits per heavy atom. The predicted molar refractivity (Wildman–Crippen MR) is 90.0 cm³/mol. The van der Waals surface area contributed by atoms with E-state index < -0.39 is 0 Å². The molecule has 0 unspecified atom stereocenters. The minimum Gasteiger partial charge on any atom is -0.474 e. The number of carbonyl (C=O) groups is 1. The van der Waals surface area contributed by atoms with Crippen LogP contribution >= 0.6 is 0 Å². The molecule has 4 heteroatoms. The van der Waals surface area contributed by atoms with E-state index in [0.29, 0.717) is 12.4 Å². The maximum Gasteiger partial charge on any atom is 0.224 e. The number of allylic oxidation sites excluding steroid dienone is 2. The lowest BCUT2D eigenvalue weighted by Crippen LogP contribution is -2.29. The van der Waals surface area contributed by atoms with E-state index in [4.69, 9.17) is 4.74 Å². The Kier molecular flexibility index (Phi) is 5.31. The molecule has 0 saturated heterocycles. The van der Waals surface area contributed by atoms with Gasteiger partial charge in [-0.05, 0) is 56.1 Å². The fraction of sp³-hybridized carbons (Fsp3) is 0.579. The third-order valence-corrected chi connectivity index (χ3v) is 4.89. The SMILES string of the molecule is CC1CCC(Oc2cc(CNC(=O)C3CC=CC3)ccn2)CC1. The summed E-state index contributed by atoms with van der Waals surface area (Å²) < 4.78 is 6.02. The van der Waals surface area contributed by atoms with Crippen LogP contribution in [-0.4, -0.2) is 17.0 Å². The molecule has 1 aromatic rings. The molecule has 1 aromatic heterocycles. The second kappa shape index (κ2) is 7.62. The molecule has 0 aliphatic heterocycles. The molecule has 2 aliphatic rings. The van der Waals surface area contributed by atoms with Gasteiger partial charge in [-0.1, -0.05) is 19.1 Å². The second-order valence-corrected chi connectivity index (χ2v) is 6.86. The van der Waals surface area contributed by atoms with Crippen molar-refractivity contribution in [1.29, 1.82) is 0 Å². The highest BCUT2D eigenvalue weighted by Crippen LogP contribution is 2.26. The largest absolute Gasteiger partial charge is 0.474 e. The van der Waals surface area contributed by atoms with Crippen LogP contribution in [0.3, 0.4) is 0 Å². The lowest BCUT2D eigenvalue weighted by atomic mass is 9.89. The molecule has 0 bridgehead atoms. The van der Waals surface area contributed by atoms with Crippen molar-refractivity contribution in [3.05, 3.63) is 36.0 Å². The highest BCUT2D eigenvalue weighted by molar-refractivity contribution is 5.79. The van der Waals surface area contributed by atoms with Crippen molar-refractivity contribution in [3.63, 3.8) is 0 Å². The molecular formula is C19H26N2O2. The van der Waals surface area contributed by atoms with Crippen LogP contribution in [0.5, 0.6) is 5.88 Å². The van der Waals surface area contributed by atoms with Gasteiger partial charge in [0.1, 0.15) is 6.10 Å². The van der Waals surface area contributed by atoms with Gasteiger partial charge in [0.15, 0.2) is 0 Å². The molecule has 0 spiro atoms. The number of aromatic nitrogens is 1. The number of pyridine rings is 1. The number of ether oxygens (including phenoxy) is 1. The van der Waals surface area contributed by atoms with Crippen molar-refractivity contribution in [1.82, 2.24) is 10.3 Å². The van der Waals surface area contributed by atoms with Crippen molar-refractivity contribution in [3.8, 4) is 5.88 Å². The first-order chi connectivity index (χ1) is 11.2. The average molecular weight is 314 g/mol. The summed E-state index contributed by atoms with van der Waals surface area (Å²) in [7, 11) is 0. The van der Waals surface area contributed by atoms with Crippen molar-refractivity contribution in [2.75, 3.05) is 0 Å². The van der Waals surface area contributed by atoms with Crippen molar-refractivity contribution in [2.45, 2.75) is 58.1 Å². The van der Waals surface area contributed by atoms with Gasteiger partial charge in [-0.25, -0.2) is 4.98 Å². The minimum absolute atomic E-state index is 0.108. The molecule has 2 aliphatic carbocycles. The Morgan fingerprint density at radius 1 is 1.26 bits per heavy atom. The molecule has 1 heterocycles. The molecule has 23 heavy (non-hydrogen) atoms. The Labute approximate surface area is 138 Å². The van der Waals surface area contributed by atoms with Gasteiger partial charge in [0, 0.05) is 24.7 Å². The van der Waals surface area contributed by atoms with Crippen LogP contribution in [0.1, 0.15) is 51.0 Å². The molecule has 1 fully saturated rings. The first-order valence-electron chi connectivity index (χ1n) is 8.75. The first-order valence-corrected chi connectivity index (χ1v) is 8.75. The summed E-state index contributed by atoms with van der Waals surface area (Å²) in [5.41, 5.74) is 1.04. The van der Waals surface area contributed by atoms with E-state index in [1.165, 1.54) is 12.8 Å². The van der Waals surface area contributed by atoms with E-state index in [1.807, 2.05) is 12.1 Å². The van der Waals surface area contributed by atoms with E-state index in [9.17, 15) is 4.79 Å². The third-order valence-electron chi connectivity index (χ3n) is 4.89. The number of carbonyl (C=O) groups excluding carboxylic acids is 1. The molecule has 0 atom stereocenters. The summed E-state index contributed by atoms with van der Waals surface area (Å²) in [6.07, 6.45) is 12.6. The van der Waals surface area contributed by atoms with Gasteiger partial charge in [-0.3, -0.25) is 4.79 Å². The van der Waals surface area contributed by atoms with E-state index in [0.717, 1.165) is 37.2 Å². The summed E-state index contributed by atoms with van der Waals surface area (Å²) >= 11 is 0. The second-order valence-electron chi connectivity index (χ2n) is 6.86.